The Bertz CT molecular complexity index is 378. The Labute approximate surface area is 90.2 Å². The van der Waals surface area contributed by atoms with Gasteiger partial charge in [0.25, 0.3) is 5.69 Å². The summed E-state index contributed by atoms with van der Waals surface area (Å²) in [5, 5.41) is 10.2. The van der Waals surface area contributed by atoms with Crippen LogP contribution in [0.5, 0.6) is 0 Å². The molecular formula is C7H3F3INO2. The first-order chi connectivity index (χ1) is 6.32. The summed E-state index contributed by atoms with van der Waals surface area (Å²) in [7, 11) is 0. The molecule has 0 radical (unpaired) electrons. The molecule has 0 spiro atoms. The molecule has 1 aromatic rings. The summed E-state index contributed by atoms with van der Waals surface area (Å²) in [6.45, 7) is 0. The van der Waals surface area contributed by atoms with Crippen LogP contribution in [0.2, 0.25) is 0 Å². The zero-order valence-electron chi connectivity index (χ0n) is 6.51. The Morgan fingerprint density at radius 2 is 1.93 bits per heavy atom. The van der Waals surface area contributed by atoms with Crippen LogP contribution >= 0.6 is 22.6 Å². The monoisotopic (exact) mass is 317 g/mol. The molecule has 0 amide bonds. The summed E-state index contributed by atoms with van der Waals surface area (Å²) in [5.74, 6) is 0. The van der Waals surface area contributed by atoms with E-state index in [4.69, 9.17) is 0 Å². The van der Waals surface area contributed by atoms with Crippen molar-refractivity contribution < 1.29 is 18.1 Å². The maximum atomic E-state index is 12.2. The SMILES string of the molecule is O=[N+]([O-])c1ccc(C(F)(F)F)c(I)c1. The first-order valence-corrected chi connectivity index (χ1v) is 4.41. The number of nitrogens with zero attached hydrogens (tertiary/aromatic N) is 1. The second-order valence-electron chi connectivity index (χ2n) is 2.42. The van der Waals surface area contributed by atoms with Gasteiger partial charge in [-0.05, 0) is 28.7 Å². The standard InChI is InChI=1S/C7H3F3INO2/c8-7(9,10)5-2-1-4(12(13)14)3-6(5)11/h1-3H. The maximum absolute atomic E-state index is 12.2. The van der Waals surface area contributed by atoms with Gasteiger partial charge in [-0.3, -0.25) is 10.1 Å². The number of nitro benzene ring substituents is 1. The van der Waals surface area contributed by atoms with E-state index >= 15 is 0 Å². The molecule has 1 aromatic carbocycles. The zero-order valence-corrected chi connectivity index (χ0v) is 8.67. The Morgan fingerprint density at radius 3 is 2.29 bits per heavy atom. The number of hydrogen-bond donors (Lipinski definition) is 0. The van der Waals surface area contributed by atoms with E-state index in [1.807, 2.05) is 0 Å². The molecule has 7 heteroatoms. The normalized spacial score (nSPS) is 11.4. The highest BCUT2D eigenvalue weighted by Gasteiger charge is 2.33. The van der Waals surface area contributed by atoms with Gasteiger partial charge in [-0.15, -0.1) is 0 Å². The molecule has 0 aliphatic rings. The number of alkyl halides is 3. The van der Waals surface area contributed by atoms with Gasteiger partial charge in [-0.1, -0.05) is 0 Å². The van der Waals surface area contributed by atoms with Crippen LogP contribution < -0.4 is 0 Å². The van der Waals surface area contributed by atoms with Crippen LogP contribution in [0.3, 0.4) is 0 Å². The van der Waals surface area contributed by atoms with Gasteiger partial charge in [0.15, 0.2) is 0 Å². The fourth-order valence-electron chi connectivity index (χ4n) is 0.847. The summed E-state index contributed by atoms with van der Waals surface area (Å²) in [5.41, 5.74) is -1.20. The largest absolute Gasteiger partial charge is 0.417 e. The van der Waals surface area contributed by atoms with E-state index in [0.29, 0.717) is 6.07 Å². The molecule has 0 aromatic heterocycles. The van der Waals surface area contributed by atoms with E-state index in [0.717, 1.165) is 12.1 Å². The molecule has 76 valence electrons. The van der Waals surface area contributed by atoms with Crippen LogP contribution in [0.15, 0.2) is 18.2 Å². The molecule has 0 heterocycles. The highest BCUT2D eigenvalue weighted by Crippen LogP contribution is 2.34. The van der Waals surface area contributed by atoms with E-state index in [2.05, 4.69) is 0 Å². The van der Waals surface area contributed by atoms with E-state index in [1.54, 1.807) is 0 Å². The predicted molar refractivity (Wildman–Crippen MR) is 50.8 cm³/mol. The lowest BCUT2D eigenvalue weighted by Crippen LogP contribution is -2.07. The minimum atomic E-state index is -4.47. The number of nitro groups is 1. The van der Waals surface area contributed by atoms with Gasteiger partial charge in [0.2, 0.25) is 0 Å². The van der Waals surface area contributed by atoms with E-state index in [-0.39, 0.29) is 9.26 Å². The lowest BCUT2D eigenvalue weighted by molar-refractivity contribution is -0.385. The van der Waals surface area contributed by atoms with Gasteiger partial charge in [-0.2, -0.15) is 13.2 Å². The molecule has 1 rings (SSSR count). The quantitative estimate of drug-likeness (QED) is 0.453. The molecule has 0 atom stereocenters. The van der Waals surface area contributed by atoms with E-state index in [1.165, 1.54) is 22.6 Å². The smallest absolute Gasteiger partial charge is 0.258 e. The van der Waals surface area contributed by atoms with Crippen molar-refractivity contribution in [3.8, 4) is 0 Å². The second-order valence-corrected chi connectivity index (χ2v) is 3.58. The van der Waals surface area contributed by atoms with Crippen molar-refractivity contribution in [2.45, 2.75) is 6.18 Å². The highest BCUT2D eigenvalue weighted by atomic mass is 127. The van der Waals surface area contributed by atoms with E-state index in [9.17, 15) is 23.3 Å². The van der Waals surface area contributed by atoms with Crippen molar-refractivity contribution in [2.24, 2.45) is 0 Å². The van der Waals surface area contributed by atoms with Crippen LogP contribution in [0.4, 0.5) is 18.9 Å². The summed E-state index contributed by atoms with van der Waals surface area (Å²) in [4.78, 5) is 9.50. The number of rotatable bonds is 1. The first-order valence-electron chi connectivity index (χ1n) is 3.33. The first kappa shape index (κ1) is 11.2. The van der Waals surface area contributed by atoms with Crippen molar-refractivity contribution >= 4 is 28.3 Å². The third-order valence-electron chi connectivity index (χ3n) is 1.47. The summed E-state index contributed by atoms with van der Waals surface area (Å²) < 4.78 is 36.4. The molecule has 3 nitrogen and oxygen atoms in total. The molecule has 0 unspecified atom stereocenters. The van der Waals surface area contributed by atoms with Gasteiger partial charge < -0.3 is 0 Å². The fourth-order valence-corrected chi connectivity index (χ4v) is 1.65. The van der Waals surface area contributed by atoms with Crippen molar-refractivity contribution in [2.75, 3.05) is 0 Å². The van der Waals surface area contributed by atoms with Crippen LogP contribution in [0, 0.1) is 13.7 Å². The van der Waals surface area contributed by atoms with Crippen molar-refractivity contribution in [3.05, 3.63) is 37.4 Å². The molecule has 0 saturated heterocycles. The molecule has 0 bridgehead atoms. The van der Waals surface area contributed by atoms with Crippen LogP contribution in [-0.4, -0.2) is 4.92 Å². The number of non-ortho nitro benzene ring substituents is 1. The van der Waals surface area contributed by atoms with Gasteiger partial charge >= 0.3 is 6.18 Å². The lowest BCUT2D eigenvalue weighted by Gasteiger charge is -2.07. The average Bonchev–Trinajstić information content (AvgIpc) is 2.01. The van der Waals surface area contributed by atoms with Crippen molar-refractivity contribution in [1.29, 1.82) is 0 Å². The van der Waals surface area contributed by atoms with Gasteiger partial charge in [-0.25, -0.2) is 0 Å². The average molecular weight is 317 g/mol. The maximum Gasteiger partial charge on any atom is 0.417 e. The number of halogens is 4. The molecule has 14 heavy (non-hydrogen) atoms. The Morgan fingerprint density at radius 1 is 1.36 bits per heavy atom. The van der Waals surface area contributed by atoms with Crippen molar-refractivity contribution in [3.63, 3.8) is 0 Å². The second kappa shape index (κ2) is 3.71. The molecular weight excluding hydrogens is 314 g/mol. The number of benzene rings is 1. The third-order valence-corrected chi connectivity index (χ3v) is 2.36. The minimum absolute atomic E-state index is 0.177. The Balaban J connectivity index is 3.21. The topological polar surface area (TPSA) is 43.1 Å². The summed E-state index contributed by atoms with van der Waals surface area (Å²) in [6, 6.07) is 2.44. The minimum Gasteiger partial charge on any atom is -0.258 e. The van der Waals surface area contributed by atoms with E-state index < -0.39 is 16.7 Å². The summed E-state index contributed by atoms with van der Waals surface area (Å²) in [6.07, 6.45) is -4.47. The van der Waals surface area contributed by atoms with Crippen LogP contribution in [-0.2, 0) is 6.18 Å². The Hall–Kier alpha value is -0.860. The molecule has 0 saturated carbocycles. The van der Waals surface area contributed by atoms with Crippen LogP contribution in [0.25, 0.3) is 0 Å². The Kier molecular flexibility index (Phi) is 2.98. The summed E-state index contributed by atoms with van der Waals surface area (Å²) >= 11 is 1.42. The van der Waals surface area contributed by atoms with Gasteiger partial charge in [0.1, 0.15) is 0 Å². The lowest BCUT2D eigenvalue weighted by atomic mass is 10.2. The zero-order chi connectivity index (χ0) is 10.9. The number of hydrogen-bond acceptors (Lipinski definition) is 2. The molecule has 0 fully saturated rings. The molecule has 0 N–H and O–H groups in total. The highest BCUT2D eigenvalue weighted by molar-refractivity contribution is 14.1. The van der Waals surface area contributed by atoms with Gasteiger partial charge in [0, 0.05) is 15.7 Å². The molecule has 0 aliphatic carbocycles. The molecule has 0 aliphatic heterocycles. The van der Waals surface area contributed by atoms with Crippen molar-refractivity contribution in [1.82, 2.24) is 0 Å². The van der Waals surface area contributed by atoms with Crippen LogP contribution in [0.1, 0.15) is 5.56 Å². The van der Waals surface area contributed by atoms with Gasteiger partial charge in [0.05, 0.1) is 10.5 Å². The fraction of sp³-hybridized carbons (Fsp3) is 0.143. The third kappa shape index (κ3) is 2.34. The predicted octanol–water partition coefficient (Wildman–Crippen LogP) is 3.22.